The Labute approximate surface area is 121 Å². The van der Waals surface area contributed by atoms with Crippen LogP contribution in [0.3, 0.4) is 0 Å². The normalized spacial score (nSPS) is 15.3. The zero-order valence-electron chi connectivity index (χ0n) is 12.3. The predicted molar refractivity (Wildman–Crippen MR) is 80.7 cm³/mol. The molecule has 0 aliphatic carbocycles. The van der Waals surface area contributed by atoms with E-state index in [0.29, 0.717) is 0 Å². The Kier molecular flexibility index (Phi) is 6.68. The highest BCUT2D eigenvalue weighted by Gasteiger charge is 2.11. The molecule has 0 radical (unpaired) electrons. The molecule has 0 amide bonds. The van der Waals surface area contributed by atoms with Gasteiger partial charge in [-0.25, -0.2) is 0 Å². The van der Waals surface area contributed by atoms with Crippen LogP contribution in [-0.2, 0) is 9.47 Å². The third-order valence-corrected chi connectivity index (χ3v) is 3.46. The van der Waals surface area contributed by atoms with Gasteiger partial charge in [0.1, 0.15) is 5.75 Å². The second-order valence-electron chi connectivity index (χ2n) is 5.00. The lowest BCUT2D eigenvalue weighted by molar-refractivity contribution is 0.122. The molecule has 1 aliphatic rings. The number of benzene rings is 1. The molecule has 0 saturated carbocycles. The molecule has 0 atom stereocenters. The van der Waals surface area contributed by atoms with Crippen LogP contribution in [0.1, 0.15) is 19.3 Å². The van der Waals surface area contributed by atoms with E-state index >= 15 is 0 Å². The summed E-state index contributed by atoms with van der Waals surface area (Å²) in [5, 5.41) is 0. The number of hydrogen-bond acceptors (Lipinski definition) is 4. The summed E-state index contributed by atoms with van der Waals surface area (Å²) in [5.41, 5.74) is 1.23. The lowest BCUT2D eigenvalue weighted by Crippen LogP contribution is -2.36. The predicted octanol–water partition coefficient (Wildman–Crippen LogP) is 2.72. The van der Waals surface area contributed by atoms with Crippen molar-refractivity contribution in [2.24, 2.45) is 0 Å². The zero-order chi connectivity index (χ0) is 14.0. The van der Waals surface area contributed by atoms with E-state index in [4.69, 9.17) is 14.2 Å². The molecule has 0 N–H and O–H groups in total. The first-order chi connectivity index (χ1) is 9.90. The minimum Gasteiger partial charge on any atom is -0.494 e. The largest absolute Gasteiger partial charge is 0.494 e. The average Bonchev–Trinajstić information content (AvgIpc) is 2.52. The highest BCUT2D eigenvalue weighted by atomic mass is 16.5. The maximum atomic E-state index is 5.82. The number of rotatable bonds is 8. The lowest BCUT2D eigenvalue weighted by atomic mass is 10.2. The smallest absolute Gasteiger partial charge is 0.121 e. The van der Waals surface area contributed by atoms with E-state index in [2.05, 4.69) is 23.1 Å². The van der Waals surface area contributed by atoms with Crippen LogP contribution in [0, 0.1) is 0 Å². The Hall–Kier alpha value is -1.26. The van der Waals surface area contributed by atoms with Crippen LogP contribution in [0.4, 0.5) is 5.69 Å². The quantitative estimate of drug-likeness (QED) is 0.685. The van der Waals surface area contributed by atoms with Crippen molar-refractivity contribution in [3.8, 4) is 5.75 Å². The van der Waals surface area contributed by atoms with Gasteiger partial charge >= 0.3 is 0 Å². The van der Waals surface area contributed by atoms with Gasteiger partial charge in [-0.1, -0.05) is 6.07 Å². The number of nitrogens with zero attached hydrogens (tertiary/aromatic N) is 1. The van der Waals surface area contributed by atoms with Crippen LogP contribution in [-0.4, -0.2) is 46.6 Å². The molecule has 0 spiro atoms. The average molecular weight is 279 g/mol. The number of anilines is 1. The van der Waals surface area contributed by atoms with Crippen molar-refractivity contribution in [1.82, 2.24) is 0 Å². The molecule has 1 aromatic rings. The first-order valence-corrected chi connectivity index (χ1v) is 7.44. The van der Waals surface area contributed by atoms with Crippen molar-refractivity contribution < 1.29 is 14.2 Å². The molecule has 0 bridgehead atoms. The van der Waals surface area contributed by atoms with Gasteiger partial charge in [0.05, 0.1) is 19.8 Å². The van der Waals surface area contributed by atoms with Crippen LogP contribution in [0.2, 0.25) is 0 Å². The van der Waals surface area contributed by atoms with E-state index in [1.807, 2.05) is 6.07 Å². The summed E-state index contributed by atoms with van der Waals surface area (Å²) < 4.78 is 16.2. The van der Waals surface area contributed by atoms with Gasteiger partial charge in [0.25, 0.3) is 0 Å². The molecular weight excluding hydrogens is 254 g/mol. The maximum absolute atomic E-state index is 5.82. The molecule has 4 heteroatoms. The summed E-state index contributed by atoms with van der Waals surface area (Å²) in [7, 11) is 1.74. The number of unbranched alkanes of at least 4 members (excludes halogenated alkanes) is 2. The summed E-state index contributed by atoms with van der Waals surface area (Å²) in [4.78, 5) is 2.34. The summed E-state index contributed by atoms with van der Waals surface area (Å²) in [6, 6.07) is 8.35. The van der Waals surface area contributed by atoms with Crippen molar-refractivity contribution in [2.75, 3.05) is 51.5 Å². The summed E-state index contributed by atoms with van der Waals surface area (Å²) in [6.07, 6.45) is 3.33. The van der Waals surface area contributed by atoms with Gasteiger partial charge in [0, 0.05) is 38.6 Å². The van der Waals surface area contributed by atoms with Crippen LogP contribution in [0.5, 0.6) is 5.75 Å². The Morgan fingerprint density at radius 2 is 1.90 bits per heavy atom. The fourth-order valence-electron chi connectivity index (χ4n) is 2.31. The first-order valence-electron chi connectivity index (χ1n) is 7.44. The van der Waals surface area contributed by atoms with Crippen molar-refractivity contribution in [1.29, 1.82) is 0 Å². The summed E-state index contributed by atoms with van der Waals surface area (Å²) in [6.45, 7) is 5.15. The topological polar surface area (TPSA) is 30.9 Å². The van der Waals surface area contributed by atoms with Crippen molar-refractivity contribution in [3.63, 3.8) is 0 Å². The molecule has 1 aliphatic heterocycles. The second-order valence-corrected chi connectivity index (χ2v) is 5.00. The second kappa shape index (κ2) is 8.82. The third-order valence-electron chi connectivity index (χ3n) is 3.46. The molecule has 0 aromatic heterocycles. The Morgan fingerprint density at radius 3 is 2.70 bits per heavy atom. The summed E-state index contributed by atoms with van der Waals surface area (Å²) >= 11 is 0. The van der Waals surface area contributed by atoms with Crippen LogP contribution >= 0.6 is 0 Å². The Balaban J connectivity index is 1.74. The van der Waals surface area contributed by atoms with E-state index in [1.165, 1.54) is 5.69 Å². The third kappa shape index (κ3) is 5.02. The number of methoxy groups -OCH3 is 1. The maximum Gasteiger partial charge on any atom is 0.121 e. The van der Waals surface area contributed by atoms with Gasteiger partial charge < -0.3 is 19.1 Å². The van der Waals surface area contributed by atoms with Gasteiger partial charge in [0.2, 0.25) is 0 Å². The molecule has 4 nitrogen and oxygen atoms in total. The van der Waals surface area contributed by atoms with Crippen molar-refractivity contribution in [2.45, 2.75) is 19.3 Å². The molecule has 112 valence electrons. The van der Waals surface area contributed by atoms with E-state index in [-0.39, 0.29) is 0 Å². The van der Waals surface area contributed by atoms with Gasteiger partial charge in [-0.3, -0.25) is 0 Å². The molecule has 1 fully saturated rings. The molecule has 20 heavy (non-hydrogen) atoms. The molecule has 1 saturated heterocycles. The van der Waals surface area contributed by atoms with Crippen LogP contribution in [0.25, 0.3) is 0 Å². The standard InChI is InChI=1S/C16H25NO3/c1-18-10-3-2-4-11-20-16-7-5-6-15(14-16)17-8-12-19-13-9-17/h5-7,14H,2-4,8-13H2,1H3. The summed E-state index contributed by atoms with van der Waals surface area (Å²) in [5.74, 6) is 0.959. The first kappa shape index (κ1) is 15.1. The zero-order valence-corrected chi connectivity index (χ0v) is 12.3. The SMILES string of the molecule is COCCCCCOc1cccc(N2CCOCC2)c1. The minimum absolute atomic E-state index is 0.774. The number of morpholine rings is 1. The molecule has 0 unspecified atom stereocenters. The molecule has 1 heterocycles. The van der Waals surface area contributed by atoms with Gasteiger partial charge in [0.15, 0.2) is 0 Å². The van der Waals surface area contributed by atoms with Gasteiger partial charge in [-0.2, -0.15) is 0 Å². The lowest BCUT2D eigenvalue weighted by Gasteiger charge is -2.29. The van der Waals surface area contributed by atoms with Gasteiger partial charge in [-0.05, 0) is 31.4 Å². The molecule has 2 rings (SSSR count). The van der Waals surface area contributed by atoms with Crippen molar-refractivity contribution >= 4 is 5.69 Å². The van der Waals surface area contributed by atoms with Gasteiger partial charge in [-0.15, -0.1) is 0 Å². The highest BCUT2D eigenvalue weighted by molar-refractivity contribution is 5.50. The van der Waals surface area contributed by atoms with Crippen LogP contribution < -0.4 is 9.64 Å². The Bertz CT molecular complexity index is 378. The Morgan fingerprint density at radius 1 is 1.10 bits per heavy atom. The minimum atomic E-state index is 0.774. The molecular formula is C16H25NO3. The van der Waals surface area contributed by atoms with Crippen LogP contribution in [0.15, 0.2) is 24.3 Å². The monoisotopic (exact) mass is 279 g/mol. The van der Waals surface area contributed by atoms with E-state index < -0.39 is 0 Å². The van der Waals surface area contributed by atoms with E-state index in [1.54, 1.807) is 7.11 Å². The highest BCUT2D eigenvalue weighted by Crippen LogP contribution is 2.22. The van der Waals surface area contributed by atoms with E-state index in [0.717, 1.165) is 64.5 Å². The number of hydrogen-bond donors (Lipinski definition) is 0. The fourth-order valence-corrected chi connectivity index (χ4v) is 2.31. The van der Waals surface area contributed by atoms with Crippen molar-refractivity contribution in [3.05, 3.63) is 24.3 Å². The molecule has 1 aromatic carbocycles. The van der Waals surface area contributed by atoms with E-state index in [9.17, 15) is 0 Å². The fraction of sp³-hybridized carbons (Fsp3) is 0.625. The number of ether oxygens (including phenoxy) is 3.